The van der Waals surface area contributed by atoms with Gasteiger partial charge in [-0.15, -0.1) is 0 Å². The van der Waals surface area contributed by atoms with Gasteiger partial charge in [-0.1, -0.05) is 24.3 Å². The molecule has 23 heavy (non-hydrogen) atoms. The lowest BCUT2D eigenvalue weighted by Crippen LogP contribution is -2.21. The van der Waals surface area contributed by atoms with E-state index >= 15 is 0 Å². The van der Waals surface area contributed by atoms with Gasteiger partial charge in [0, 0.05) is 0 Å². The lowest BCUT2D eigenvalue weighted by Gasteiger charge is -2.21. The lowest BCUT2D eigenvalue weighted by molar-refractivity contribution is 0.0302. The first-order valence-electron chi connectivity index (χ1n) is 7.48. The van der Waals surface area contributed by atoms with Crippen LogP contribution in [-0.4, -0.2) is 32.6 Å². The molecule has 0 radical (unpaired) electrons. The smallest absolute Gasteiger partial charge is 0.126 e. The molecule has 0 amide bonds. The van der Waals surface area contributed by atoms with E-state index in [0.29, 0.717) is 16.9 Å². The van der Waals surface area contributed by atoms with Crippen LogP contribution in [0.3, 0.4) is 0 Å². The van der Waals surface area contributed by atoms with Gasteiger partial charge in [0.15, 0.2) is 0 Å². The van der Waals surface area contributed by atoms with Crippen molar-refractivity contribution in [2.45, 2.75) is 38.3 Å². The summed E-state index contributed by atoms with van der Waals surface area (Å²) in [7, 11) is 0. The molecule has 0 saturated carbocycles. The van der Waals surface area contributed by atoms with E-state index in [2.05, 4.69) is 0 Å². The van der Waals surface area contributed by atoms with Gasteiger partial charge in [-0.3, -0.25) is 0 Å². The van der Waals surface area contributed by atoms with Crippen LogP contribution in [0.15, 0.2) is 48.5 Å². The van der Waals surface area contributed by atoms with Gasteiger partial charge >= 0.3 is 0 Å². The quantitative estimate of drug-likeness (QED) is 0.656. The lowest BCUT2D eigenvalue weighted by atomic mass is 10.0. The molecule has 2 aromatic carbocycles. The molecule has 0 saturated heterocycles. The first-order valence-corrected chi connectivity index (χ1v) is 7.48. The van der Waals surface area contributed by atoms with Gasteiger partial charge in [0.1, 0.15) is 29.8 Å². The topological polar surface area (TPSA) is 90.2 Å². The third-order valence-electron chi connectivity index (χ3n) is 3.68. The van der Waals surface area contributed by atoms with Gasteiger partial charge in [-0.05, 0) is 49.2 Å². The second-order valence-corrected chi connectivity index (χ2v) is 5.61. The maximum absolute atomic E-state index is 10.3. The third kappa shape index (κ3) is 4.45. The summed E-state index contributed by atoms with van der Waals surface area (Å²) in [6.07, 6.45) is -3.12. The van der Waals surface area contributed by atoms with Crippen molar-refractivity contribution < 1.29 is 25.2 Å². The van der Waals surface area contributed by atoms with Crippen LogP contribution < -0.4 is 4.74 Å². The van der Waals surface area contributed by atoms with Crippen LogP contribution in [0.5, 0.6) is 11.5 Å². The van der Waals surface area contributed by atoms with Crippen molar-refractivity contribution >= 4 is 0 Å². The molecule has 0 aliphatic carbocycles. The highest BCUT2D eigenvalue weighted by Gasteiger charge is 2.19. The molecule has 0 heterocycles. The zero-order valence-electron chi connectivity index (χ0n) is 13.1. The number of rotatable bonds is 6. The molecule has 0 fully saturated rings. The average Bonchev–Trinajstić information content (AvgIpc) is 2.54. The Labute approximate surface area is 135 Å². The normalized spacial score (nSPS) is 16.4. The number of benzene rings is 2. The van der Waals surface area contributed by atoms with E-state index < -0.39 is 24.4 Å². The molecule has 4 N–H and O–H groups in total. The van der Waals surface area contributed by atoms with E-state index in [1.165, 1.54) is 19.1 Å². The van der Waals surface area contributed by atoms with Crippen LogP contribution in [0.25, 0.3) is 0 Å². The molecule has 2 aromatic rings. The Morgan fingerprint density at radius 1 is 0.739 bits per heavy atom. The van der Waals surface area contributed by atoms with Gasteiger partial charge in [-0.2, -0.15) is 0 Å². The molecule has 0 bridgehead atoms. The minimum Gasteiger partial charge on any atom is -0.508 e. The van der Waals surface area contributed by atoms with Crippen molar-refractivity contribution in [3.63, 3.8) is 0 Å². The number of aromatic hydroxyl groups is 1. The summed E-state index contributed by atoms with van der Waals surface area (Å²) in [5, 5.41) is 38.7. The molecule has 4 atom stereocenters. The average molecular weight is 318 g/mol. The van der Waals surface area contributed by atoms with Crippen molar-refractivity contribution in [2.75, 3.05) is 0 Å². The van der Waals surface area contributed by atoms with E-state index in [-0.39, 0.29) is 5.75 Å². The zero-order valence-corrected chi connectivity index (χ0v) is 13.1. The van der Waals surface area contributed by atoms with E-state index in [4.69, 9.17) is 4.74 Å². The first-order chi connectivity index (χ1) is 10.9. The van der Waals surface area contributed by atoms with E-state index in [1.54, 1.807) is 43.3 Å². The molecule has 5 nitrogen and oxygen atoms in total. The Morgan fingerprint density at radius 3 is 1.74 bits per heavy atom. The zero-order chi connectivity index (χ0) is 17.0. The first kappa shape index (κ1) is 17.3. The molecule has 0 aliphatic rings. The highest BCUT2D eigenvalue weighted by Crippen LogP contribution is 2.25. The Hall–Kier alpha value is -2.08. The highest BCUT2D eigenvalue weighted by atomic mass is 16.5. The maximum Gasteiger partial charge on any atom is 0.126 e. The molecular weight excluding hydrogens is 296 g/mol. The van der Waals surface area contributed by atoms with Crippen molar-refractivity contribution in [3.8, 4) is 11.5 Å². The molecule has 0 unspecified atom stereocenters. The third-order valence-corrected chi connectivity index (χ3v) is 3.68. The summed E-state index contributed by atoms with van der Waals surface area (Å²) in [4.78, 5) is 0. The van der Waals surface area contributed by atoms with Crippen LogP contribution in [0, 0.1) is 0 Å². The van der Waals surface area contributed by atoms with Crippen LogP contribution in [0.1, 0.15) is 37.2 Å². The number of phenolic OH excluding ortho intramolecular Hbond substituents is 1. The Kier molecular flexibility index (Phi) is 5.60. The summed E-state index contributed by atoms with van der Waals surface area (Å²) >= 11 is 0. The van der Waals surface area contributed by atoms with Crippen LogP contribution >= 0.6 is 0 Å². The number of aliphatic hydroxyl groups excluding tert-OH is 3. The SMILES string of the molecule is C[C@H](Oc1ccc([C@@H](O)[C@@H](C)O)cc1)[C@H](O)c1ccc(O)cc1. The van der Waals surface area contributed by atoms with Crippen molar-refractivity contribution in [3.05, 3.63) is 59.7 Å². The number of phenols is 1. The monoisotopic (exact) mass is 318 g/mol. The van der Waals surface area contributed by atoms with Crippen LogP contribution in [-0.2, 0) is 0 Å². The summed E-state index contributed by atoms with van der Waals surface area (Å²) in [6.45, 7) is 3.27. The molecular formula is C18H22O5. The van der Waals surface area contributed by atoms with Gasteiger partial charge in [-0.25, -0.2) is 0 Å². The largest absolute Gasteiger partial charge is 0.508 e. The second-order valence-electron chi connectivity index (χ2n) is 5.61. The fraction of sp³-hybridized carbons (Fsp3) is 0.333. The summed E-state index contributed by atoms with van der Waals surface area (Å²) < 4.78 is 5.70. The predicted octanol–water partition coefficient (Wildman–Crippen LogP) is 2.31. The van der Waals surface area contributed by atoms with Crippen molar-refractivity contribution in [1.82, 2.24) is 0 Å². The van der Waals surface area contributed by atoms with E-state index in [1.807, 2.05) is 0 Å². The van der Waals surface area contributed by atoms with E-state index in [0.717, 1.165) is 0 Å². The molecule has 2 rings (SSSR count). The van der Waals surface area contributed by atoms with Crippen molar-refractivity contribution in [2.24, 2.45) is 0 Å². The molecule has 0 spiro atoms. The van der Waals surface area contributed by atoms with Gasteiger partial charge in [0.2, 0.25) is 0 Å². The summed E-state index contributed by atoms with van der Waals surface area (Å²) in [6, 6.07) is 13.0. The van der Waals surface area contributed by atoms with Crippen molar-refractivity contribution in [1.29, 1.82) is 0 Å². The van der Waals surface area contributed by atoms with Crippen LogP contribution in [0.4, 0.5) is 0 Å². The Bertz CT molecular complexity index is 606. The molecule has 0 aromatic heterocycles. The highest BCUT2D eigenvalue weighted by molar-refractivity contribution is 5.30. The van der Waals surface area contributed by atoms with Crippen LogP contribution in [0.2, 0.25) is 0 Å². The Morgan fingerprint density at radius 2 is 1.22 bits per heavy atom. The van der Waals surface area contributed by atoms with Gasteiger partial charge < -0.3 is 25.2 Å². The standard InChI is InChI=1S/C18H22O5/c1-11(19)17(21)13-5-9-16(10-6-13)23-12(2)18(22)14-3-7-15(20)8-4-14/h3-12,17-22H,1-2H3/t11-,12+,17+,18+/m1/s1. The maximum atomic E-state index is 10.3. The number of hydrogen-bond donors (Lipinski definition) is 4. The fourth-order valence-electron chi connectivity index (χ4n) is 2.24. The Balaban J connectivity index is 2.02. The molecule has 124 valence electrons. The fourth-order valence-corrected chi connectivity index (χ4v) is 2.24. The minimum atomic E-state index is -0.941. The summed E-state index contributed by atoms with van der Waals surface area (Å²) in [5.41, 5.74) is 1.25. The van der Waals surface area contributed by atoms with E-state index in [9.17, 15) is 20.4 Å². The number of ether oxygens (including phenoxy) is 1. The number of hydrogen-bond acceptors (Lipinski definition) is 5. The minimum absolute atomic E-state index is 0.141. The molecule has 0 aliphatic heterocycles. The van der Waals surface area contributed by atoms with Gasteiger partial charge in [0.25, 0.3) is 0 Å². The van der Waals surface area contributed by atoms with Gasteiger partial charge in [0.05, 0.1) is 6.10 Å². The summed E-state index contributed by atoms with van der Waals surface area (Å²) in [5.74, 6) is 0.693. The predicted molar refractivity (Wildman–Crippen MR) is 86.2 cm³/mol. The molecule has 5 heteroatoms. The second kappa shape index (κ2) is 7.46. The number of aliphatic hydroxyl groups is 3.